The van der Waals surface area contributed by atoms with E-state index in [0.29, 0.717) is 40.0 Å². The molecule has 1 aromatic carbocycles. The third kappa shape index (κ3) is 4.25. The van der Waals surface area contributed by atoms with E-state index in [-0.39, 0.29) is 12.1 Å². The largest absolute Gasteiger partial charge is 0.495 e. The lowest BCUT2D eigenvalue weighted by Crippen LogP contribution is -2.46. The van der Waals surface area contributed by atoms with Crippen LogP contribution in [0.3, 0.4) is 0 Å². The van der Waals surface area contributed by atoms with Gasteiger partial charge in [-0.15, -0.1) is 0 Å². The second kappa shape index (κ2) is 9.48. The molecule has 1 aromatic heterocycles. The number of nitrogens with zero attached hydrogens (tertiary/aromatic N) is 5. The summed E-state index contributed by atoms with van der Waals surface area (Å²) in [7, 11) is 1.50. The number of fused-ring (bicyclic) bond motifs is 1. The van der Waals surface area contributed by atoms with Crippen LogP contribution in [-0.2, 0) is 0 Å². The standard InChI is InChI=1S/C23H28N8O2/c1-6-18-21-17(10-24)27-12-30(21)19(11-25)23(31(18)13(2)3)29-14(4)28-16-8-7-15(22(26)32)9-20(16)33-5/h7-9,11-13,18,28H,4,6,25H2,1-3,5H3,(H2,26,32)/b19-11+,29-23+/t18-/m1/s1. The summed E-state index contributed by atoms with van der Waals surface area (Å²) >= 11 is 0. The van der Waals surface area contributed by atoms with Gasteiger partial charge in [0.2, 0.25) is 5.91 Å². The number of hydrogen-bond acceptors (Lipinski definition) is 7. The fourth-order valence-electron chi connectivity index (χ4n) is 4.00. The Labute approximate surface area is 192 Å². The number of methoxy groups -OCH3 is 1. The summed E-state index contributed by atoms with van der Waals surface area (Å²) in [5.74, 6) is 0.802. The van der Waals surface area contributed by atoms with Crippen LogP contribution in [0.15, 0.2) is 48.1 Å². The number of aliphatic imine (C=N–C) groups is 1. The molecule has 10 nitrogen and oxygen atoms in total. The molecular weight excluding hydrogens is 420 g/mol. The lowest BCUT2D eigenvalue weighted by atomic mass is 10.0. The minimum absolute atomic E-state index is 0.0519. The number of nitrogens with two attached hydrogens (primary N) is 2. The van der Waals surface area contributed by atoms with Crippen LogP contribution < -0.4 is 21.5 Å². The SMILES string of the molecule is C=C(/N=C1\C(=C/N)n2cnc(C#N)c2[C@@H](CC)N1C(C)C)Nc1ccc(C(N)=O)cc1OC. The second-order valence-corrected chi connectivity index (χ2v) is 7.72. The molecule has 0 saturated carbocycles. The van der Waals surface area contributed by atoms with Gasteiger partial charge in [-0.2, -0.15) is 5.26 Å². The van der Waals surface area contributed by atoms with Crippen molar-refractivity contribution in [3.63, 3.8) is 0 Å². The summed E-state index contributed by atoms with van der Waals surface area (Å²) in [6.45, 7) is 10.2. The fourth-order valence-corrected chi connectivity index (χ4v) is 4.00. The summed E-state index contributed by atoms with van der Waals surface area (Å²) in [6, 6.07) is 6.91. The number of rotatable bonds is 7. The topological polar surface area (TPSA) is 148 Å². The molecule has 0 bridgehead atoms. The Morgan fingerprint density at radius 2 is 2.21 bits per heavy atom. The predicted octanol–water partition coefficient (Wildman–Crippen LogP) is 2.78. The van der Waals surface area contributed by atoms with Gasteiger partial charge in [-0.3, -0.25) is 9.36 Å². The summed E-state index contributed by atoms with van der Waals surface area (Å²) < 4.78 is 7.19. The van der Waals surface area contributed by atoms with E-state index in [9.17, 15) is 10.1 Å². The molecule has 3 rings (SSSR count). The molecule has 1 aliphatic heterocycles. The Morgan fingerprint density at radius 1 is 1.48 bits per heavy atom. The average molecular weight is 449 g/mol. The summed E-state index contributed by atoms with van der Waals surface area (Å²) in [5.41, 5.74) is 14.0. The number of anilines is 1. The van der Waals surface area contributed by atoms with Crippen molar-refractivity contribution in [3.05, 3.63) is 60.1 Å². The molecule has 172 valence electrons. The van der Waals surface area contributed by atoms with Crippen molar-refractivity contribution >= 4 is 23.1 Å². The van der Waals surface area contributed by atoms with Crippen LogP contribution >= 0.6 is 0 Å². The monoisotopic (exact) mass is 448 g/mol. The van der Waals surface area contributed by atoms with E-state index in [4.69, 9.17) is 21.2 Å². The Hall–Kier alpha value is -4.26. The van der Waals surface area contributed by atoms with Crippen molar-refractivity contribution < 1.29 is 9.53 Å². The Kier molecular flexibility index (Phi) is 6.72. The van der Waals surface area contributed by atoms with Gasteiger partial charge in [-0.05, 0) is 38.5 Å². The zero-order valence-corrected chi connectivity index (χ0v) is 19.2. The van der Waals surface area contributed by atoms with Gasteiger partial charge in [0.1, 0.15) is 29.7 Å². The maximum atomic E-state index is 11.5. The summed E-state index contributed by atoms with van der Waals surface area (Å²) in [6.07, 6.45) is 3.77. The van der Waals surface area contributed by atoms with Crippen molar-refractivity contribution in [2.45, 2.75) is 39.3 Å². The van der Waals surface area contributed by atoms with Crippen molar-refractivity contribution in [2.75, 3.05) is 12.4 Å². The smallest absolute Gasteiger partial charge is 0.248 e. The number of carbonyl (C=O) groups excluding carboxylic acids is 1. The average Bonchev–Trinajstić information content (AvgIpc) is 3.21. The van der Waals surface area contributed by atoms with E-state index < -0.39 is 5.91 Å². The molecule has 5 N–H and O–H groups in total. The highest BCUT2D eigenvalue weighted by molar-refractivity contribution is 6.18. The van der Waals surface area contributed by atoms with Gasteiger partial charge in [0.05, 0.1) is 24.5 Å². The van der Waals surface area contributed by atoms with E-state index in [2.05, 4.69) is 27.8 Å². The van der Waals surface area contributed by atoms with Crippen LogP contribution in [0.25, 0.3) is 5.70 Å². The first kappa shape index (κ1) is 23.4. The van der Waals surface area contributed by atoms with Crippen molar-refractivity contribution in [2.24, 2.45) is 16.5 Å². The zero-order valence-electron chi connectivity index (χ0n) is 19.2. The minimum Gasteiger partial charge on any atom is -0.495 e. The van der Waals surface area contributed by atoms with Crippen LogP contribution in [0.5, 0.6) is 5.75 Å². The van der Waals surface area contributed by atoms with Crippen LogP contribution in [0.4, 0.5) is 5.69 Å². The molecular formula is C23H28N8O2. The van der Waals surface area contributed by atoms with E-state index >= 15 is 0 Å². The second-order valence-electron chi connectivity index (χ2n) is 7.72. The number of imidazole rings is 1. The highest BCUT2D eigenvalue weighted by atomic mass is 16.5. The van der Waals surface area contributed by atoms with Gasteiger partial charge in [-0.25, -0.2) is 9.98 Å². The number of primary amides is 1. The Morgan fingerprint density at radius 3 is 2.76 bits per heavy atom. The molecule has 0 radical (unpaired) electrons. The van der Waals surface area contributed by atoms with Crippen LogP contribution in [-0.4, -0.2) is 39.3 Å². The lowest BCUT2D eigenvalue weighted by Gasteiger charge is -2.42. The van der Waals surface area contributed by atoms with E-state index in [1.54, 1.807) is 29.1 Å². The number of amidine groups is 1. The number of aromatic nitrogens is 2. The molecule has 2 heterocycles. The number of nitriles is 1. The quantitative estimate of drug-likeness (QED) is 0.590. The number of amides is 1. The van der Waals surface area contributed by atoms with Gasteiger partial charge >= 0.3 is 0 Å². The third-order valence-corrected chi connectivity index (χ3v) is 5.40. The van der Waals surface area contributed by atoms with Gasteiger partial charge in [-0.1, -0.05) is 13.5 Å². The molecule has 0 fully saturated rings. The van der Waals surface area contributed by atoms with Gasteiger partial charge in [0, 0.05) is 17.8 Å². The molecule has 1 aliphatic rings. The van der Waals surface area contributed by atoms with Crippen LogP contribution in [0.1, 0.15) is 55.0 Å². The summed E-state index contributed by atoms with van der Waals surface area (Å²) in [4.78, 5) is 22.6. The van der Waals surface area contributed by atoms with E-state index in [0.717, 1.165) is 12.1 Å². The summed E-state index contributed by atoms with van der Waals surface area (Å²) in [5, 5.41) is 12.7. The molecule has 2 aromatic rings. The molecule has 0 spiro atoms. The third-order valence-electron chi connectivity index (χ3n) is 5.40. The van der Waals surface area contributed by atoms with E-state index in [1.807, 2.05) is 20.8 Å². The number of ether oxygens (including phenoxy) is 1. The highest BCUT2D eigenvalue weighted by Gasteiger charge is 2.37. The zero-order chi connectivity index (χ0) is 24.3. The van der Waals surface area contributed by atoms with Crippen molar-refractivity contribution in [1.29, 1.82) is 5.26 Å². The van der Waals surface area contributed by atoms with E-state index in [1.165, 1.54) is 13.3 Å². The highest BCUT2D eigenvalue weighted by Crippen LogP contribution is 2.37. The number of hydrogen-bond donors (Lipinski definition) is 3. The maximum Gasteiger partial charge on any atom is 0.248 e. The lowest BCUT2D eigenvalue weighted by molar-refractivity contribution is 0.1000. The fraction of sp³-hybridized carbons (Fsp3) is 0.304. The molecule has 10 heteroatoms. The van der Waals surface area contributed by atoms with Crippen LogP contribution in [0, 0.1) is 11.3 Å². The molecule has 1 amide bonds. The first-order valence-corrected chi connectivity index (χ1v) is 10.5. The molecule has 1 atom stereocenters. The van der Waals surface area contributed by atoms with Gasteiger partial charge in [0.25, 0.3) is 0 Å². The first-order chi connectivity index (χ1) is 15.8. The number of nitrogens with one attached hydrogen (secondary N) is 1. The Bertz CT molecular complexity index is 1190. The van der Waals surface area contributed by atoms with Crippen molar-refractivity contribution in [1.82, 2.24) is 14.5 Å². The maximum absolute atomic E-state index is 11.5. The Balaban J connectivity index is 2.06. The van der Waals surface area contributed by atoms with Gasteiger partial charge in [0.15, 0.2) is 11.5 Å². The number of carbonyl (C=O) groups is 1. The van der Waals surface area contributed by atoms with Crippen molar-refractivity contribution in [3.8, 4) is 11.8 Å². The molecule has 0 aliphatic carbocycles. The molecule has 0 saturated heterocycles. The minimum atomic E-state index is -0.551. The van der Waals surface area contributed by atoms with Crippen LogP contribution in [0.2, 0.25) is 0 Å². The van der Waals surface area contributed by atoms with Gasteiger partial charge < -0.3 is 26.4 Å². The first-order valence-electron chi connectivity index (χ1n) is 10.5. The normalized spacial score (nSPS) is 17.7. The molecule has 0 unspecified atom stereocenters. The predicted molar refractivity (Wildman–Crippen MR) is 127 cm³/mol. The number of benzene rings is 1. The molecule has 33 heavy (non-hydrogen) atoms.